The number of fused-ring (bicyclic) bond motifs is 2. The summed E-state index contributed by atoms with van der Waals surface area (Å²) in [6.07, 6.45) is 1.73. The number of benzene rings is 1. The van der Waals surface area contributed by atoms with Crippen LogP contribution in [-0.2, 0) is 4.79 Å². The lowest BCUT2D eigenvalue weighted by Gasteiger charge is -2.32. The van der Waals surface area contributed by atoms with Crippen LogP contribution in [0.15, 0.2) is 35.6 Å². The molecule has 0 fully saturated rings. The Hall–Kier alpha value is -3.38. The molecule has 6 nitrogen and oxygen atoms in total. The Kier molecular flexibility index (Phi) is 3.82. The third-order valence-electron chi connectivity index (χ3n) is 4.90. The van der Waals surface area contributed by atoms with Crippen molar-refractivity contribution < 1.29 is 14.3 Å². The van der Waals surface area contributed by atoms with Gasteiger partial charge in [0.2, 0.25) is 5.88 Å². The molecule has 1 unspecified atom stereocenters. The Morgan fingerprint density at radius 3 is 2.81 bits per heavy atom. The van der Waals surface area contributed by atoms with Gasteiger partial charge in [0, 0.05) is 29.4 Å². The first-order valence-corrected chi connectivity index (χ1v) is 8.38. The zero-order valence-electron chi connectivity index (χ0n) is 14.2. The van der Waals surface area contributed by atoms with Crippen LogP contribution < -0.4 is 9.47 Å². The maximum Gasteiger partial charge on any atom is 0.223 e. The number of nitriles is 2. The van der Waals surface area contributed by atoms with Crippen molar-refractivity contribution in [2.45, 2.75) is 25.2 Å². The van der Waals surface area contributed by atoms with Crippen molar-refractivity contribution in [2.75, 3.05) is 7.11 Å². The Labute approximate surface area is 150 Å². The zero-order valence-corrected chi connectivity index (χ0v) is 14.2. The van der Waals surface area contributed by atoms with Crippen LogP contribution in [0.2, 0.25) is 0 Å². The van der Waals surface area contributed by atoms with Crippen molar-refractivity contribution in [3.05, 3.63) is 41.2 Å². The number of Topliss-reactive ketones (excluding diaryl/α,β-unsaturated/α-hetero) is 1. The first-order valence-electron chi connectivity index (χ1n) is 8.38. The van der Waals surface area contributed by atoms with Crippen molar-refractivity contribution in [1.82, 2.24) is 4.98 Å². The molecule has 0 amide bonds. The molecule has 1 atom stereocenters. The Morgan fingerprint density at radius 1 is 1.27 bits per heavy atom. The van der Waals surface area contributed by atoms with Crippen LogP contribution >= 0.6 is 0 Å². The monoisotopic (exact) mass is 345 g/mol. The third kappa shape index (κ3) is 2.39. The molecule has 0 saturated carbocycles. The van der Waals surface area contributed by atoms with Crippen molar-refractivity contribution in [1.29, 1.82) is 10.5 Å². The number of aromatic nitrogens is 1. The van der Waals surface area contributed by atoms with E-state index < -0.39 is 11.8 Å². The molecule has 0 N–H and O–H groups in total. The molecule has 26 heavy (non-hydrogen) atoms. The molecule has 0 saturated heterocycles. The molecule has 0 radical (unpaired) electrons. The second-order valence-corrected chi connectivity index (χ2v) is 6.37. The Balaban J connectivity index is 1.96. The number of carbonyl (C=O) groups is 1. The van der Waals surface area contributed by atoms with Crippen molar-refractivity contribution in [3.63, 3.8) is 0 Å². The molecular formula is C20H15N3O3. The van der Waals surface area contributed by atoms with E-state index >= 15 is 0 Å². The summed E-state index contributed by atoms with van der Waals surface area (Å²) in [5.41, 5.74) is 1.79. The summed E-state index contributed by atoms with van der Waals surface area (Å²) in [7, 11) is 1.58. The third-order valence-corrected chi connectivity index (χ3v) is 4.90. The number of allylic oxidation sites excluding steroid dienone is 2. The van der Waals surface area contributed by atoms with Crippen molar-refractivity contribution >= 4 is 16.7 Å². The van der Waals surface area contributed by atoms with Gasteiger partial charge < -0.3 is 9.47 Å². The predicted molar refractivity (Wildman–Crippen MR) is 92.3 cm³/mol. The average Bonchev–Trinajstić information content (AvgIpc) is 2.66. The summed E-state index contributed by atoms with van der Waals surface area (Å²) in [6, 6.07) is 11.4. The van der Waals surface area contributed by atoms with Gasteiger partial charge in [-0.15, -0.1) is 0 Å². The molecule has 1 aromatic carbocycles. The molecule has 2 aromatic rings. The van der Waals surface area contributed by atoms with E-state index in [-0.39, 0.29) is 5.78 Å². The number of methoxy groups -OCH3 is 1. The molecule has 0 bridgehead atoms. The minimum Gasteiger partial charge on any atom is -0.497 e. The molecule has 4 rings (SSSR count). The van der Waals surface area contributed by atoms with E-state index in [0.29, 0.717) is 47.8 Å². The largest absolute Gasteiger partial charge is 0.497 e. The topological polar surface area (TPSA) is 96.0 Å². The van der Waals surface area contributed by atoms with Gasteiger partial charge in [0.15, 0.2) is 5.78 Å². The highest BCUT2D eigenvalue weighted by Gasteiger charge is 2.41. The molecule has 2 heterocycles. The fraction of sp³-hybridized carbons (Fsp3) is 0.300. The van der Waals surface area contributed by atoms with Gasteiger partial charge in [-0.25, -0.2) is 4.98 Å². The second-order valence-electron chi connectivity index (χ2n) is 6.37. The number of nitrogens with zero attached hydrogens (tertiary/aromatic N) is 3. The SMILES string of the molecule is COc1ccc2nc3c(cc2c1)C(C(C#N)C#N)C1=C(CCCC1=O)O3. The van der Waals surface area contributed by atoms with E-state index in [1.807, 2.05) is 36.4 Å². The van der Waals surface area contributed by atoms with Gasteiger partial charge in [-0.2, -0.15) is 10.5 Å². The predicted octanol–water partition coefficient (Wildman–Crippen LogP) is 3.39. The van der Waals surface area contributed by atoms with Gasteiger partial charge in [-0.05, 0) is 30.7 Å². The van der Waals surface area contributed by atoms with E-state index in [4.69, 9.17) is 9.47 Å². The number of rotatable bonds is 2. The standard InChI is InChI=1S/C20H15N3O3/c1-25-13-5-6-15-11(7-13)8-14-18(12(9-21)10-22)19-16(24)3-2-4-17(19)26-20(14)23-15/h5-8,12,18H,2-4H2,1H3. The van der Waals surface area contributed by atoms with Crippen molar-refractivity contribution in [2.24, 2.45) is 5.92 Å². The fourth-order valence-electron chi connectivity index (χ4n) is 3.67. The van der Waals surface area contributed by atoms with Crippen LogP contribution in [0.4, 0.5) is 0 Å². The molecular weight excluding hydrogens is 330 g/mol. The van der Waals surface area contributed by atoms with Crippen LogP contribution in [-0.4, -0.2) is 17.9 Å². The molecule has 0 spiro atoms. The van der Waals surface area contributed by atoms with Gasteiger partial charge in [0.05, 0.1) is 30.7 Å². The molecule has 1 aromatic heterocycles. The van der Waals surface area contributed by atoms with Crippen molar-refractivity contribution in [3.8, 4) is 23.8 Å². The van der Waals surface area contributed by atoms with E-state index in [1.54, 1.807) is 7.11 Å². The van der Waals surface area contributed by atoms with Crippen LogP contribution in [0, 0.1) is 28.6 Å². The smallest absolute Gasteiger partial charge is 0.223 e. The van der Waals surface area contributed by atoms with Crippen LogP contribution in [0.25, 0.3) is 10.9 Å². The molecule has 128 valence electrons. The fourth-order valence-corrected chi connectivity index (χ4v) is 3.67. The minimum atomic E-state index is -0.977. The zero-order chi connectivity index (χ0) is 18.3. The maximum absolute atomic E-state index is 12.6. The van der Waals surface area contributed by atoms with Crippen LogP contribution in [0.3, 0.4) is 0 Å². The highest BCUT2D eigenvalue weighted by Crippen LogP contribution is 2.46. The Morgan fingerprint density at radius 2 is 2.08 bits per heavy atom. The van der Waals surface area contributed by atoms with Gasteiger partial charge in [0.1, 0.15) is 17.4 Å². The quantitative estimate of drug-likeness (QED) is 0.828. The number of hydrogen-bond donors (Lipinski definition) is 0. The normalized spacial score (nSPS) is 18.6. The Bertz CT molecular complexity index is 1030. The number of ketones is 1. The highest BCUT2D eigenvalue weighted by molar-refractivity contribution is 5.99. The summed E-state index contributed by atoms with van der Waals surface area (Å²) in [6.45, 7) is 0. The summed E-state index contributed by atoms with van der Waals surface area (Å²) in [5, 5.41) is 19.8. The first kappa shape index (κ1) is 16.1. The number of hydrogen-bond acceptors (Lipinski definition) is 6. The summed E-state index contributed by atoms with van der Waals surface area (Å²) >= 11 is 0. The molecule has 1 aliphatic carbocycles. The van der Waals surface area contributed by atoms with E-state index in [0.717, 1.165) is 10.9 Å². The lowest BCUT2D eigenvalue weighted by molar-refractivity contribution is -0.116. The van der Waals surface area contributed by atoms with E-state index in [1.165, 1.54) is 0 Å². The van der Waals surface area contributed by atoms with Gasteiger partial charge in [0.25, 0.3) is 0 Å². The first-order chi connectivity index (χ1) is 12.7. The average molecular weight is 345 g/mol. The highest BCUT2D eigenvalue weighted by atomic mass is 16.5. The maximum atomic E-state index is 12.6. The van der Waals surface area contributed by atoms with E-state index in [9.17, 15) is 15.3 Å². The minimum absolute atomic E-state index is 0.0526. The van der Waals surface area contributed by atoms with E-state index in [2.05, 4.69) is 4.98 Å². The number of ether oxygens (including phenoxy) is 2. The van der Waals surface area contributed by atoms with Gasteiger partial charge in [-0.3, -0.25) is 4.79 Å². The number of pyridine rings is 1. The van der Waals surface area contributed by atoms with Crippen LogP contribution in [0.1, 0.15) is 30.7 Å². The lowest BCUT2D eigenvalue weighted by Crippen LogP contribution is -2.28. The summed E-state index contributed by atoms with van der Waals surface area (Å²) in [5.74, 6) is -0.0677. The van der Waals surface area contributed by atoms with Gasteiger partial charge >= 0.3 is 0 Å². The molecule has 2 aliphatic rings. The van der Waals surface area contributed by atoms with Crippen LogP contribution in [0.5, 0.6) is 11.6 Å². The molecule has 1 aliphatic heterocycles. The summed E-state index contributed by atoms with van der Waals surface area (Å²) in [4.78, 5) is 17.1. The van der Waals surface area contributed by atoms with Gasteiger partial charge in [-0.1, -0.05) is 0 Å². The number of carbonyl (C=O) groups excluding carboxylic acids is 1. The lowest BCUT2D eigenvalue weighted by atomic mass is 9.75. The summed E-state index contributed by atoms with van der Waals surface area (Å²) < 4.78 is 11.2. The second kappa shape index (κ2) is 6.16. The molecule has 6 heteroatoms.